The van der Waals surface area contributed by atoms with E-state index in [2.05, 4.69) is 20.5 Å². The molecule has 1 N–H and O–H groups in total. The zero-order valence-corrected chi connectivity index (χ0v) is 9.71. The molecule has 0 saturated heterocycles. The molecule has 0 aliphatic carbocycles. The normalized spacial score (nSPS) is 10.1. The predicted molar refractivity (Wildman–Crippen MR) is 61.6 cm³/mol. The van der Waals surface area contributed by atoms with Gasteiger partial charge in [0.25, 0.3) is 5.91 Å². The molecule has 0 atom stereocenters. The Morgan fingerprint density at radius 2 is 2.19 bits per heavy atom. The first-order chi connectivity index (χ1) is 7.65. The monoisotopic (exact) mass is 234 g/mol. The van der Waals surface area contributed by atoms with E-state index in [0.717, 1.165) is 11.3 Å². The highest BCUT2D eigenvalue weighted by molar-refractivity contribution is 7.13. The predicted octanol–water partition coefficient (Wildman–Crippen LogP) is 1.80. The van der Waals surface area contributed by atoms with E-state index < -0.39 is 0 Å². The van der Waals surface area contributed by atoms with Crippen LogP contribution in [0, 0.1) is 13.8 Å². The van der Waals surface area contributed by atoms with Gasteiger partial charge in [-0.15, -0.1) is 10.2 Å². The van der Waals surface area contributed by atoms with E-state index >= 15 is 0 Å². The molecule has 0 aliphatic heterocycles. The summed E-state index contributed by atoms with van der Waals surface area (Å²) >= 11 is 1.27. The van der Waals surface area contributed by atoms with Gasteiger partial charge < -0.3 is 0 Å². The highest BCUT2D eigenvalue weighted by Crippen LogP contribution is 2.11. The van der Waals surface area contributed by atoms with Crippen LogP contribution in [0.4, 0.5) is 5.13 Å². The number of anilines is 1. The smallest absolute Gasteiger partial charge is 0.276 e. The van der Waals surface area contributed by atoms with Gasteiger partial charge in [-0.2, -0.15) is 0 Å². The van der Waals surface area contributed by atoms with Gasteiger partial charge in [0.2, 0.25) is 5.13 Å². The molecular weight excluding hydrogens is 224 g/mol. The van der Waals surface area contributed by atoms with Gasteiger partial charge in [-0.3, -0.25) is 10.1 Å². The second-order valence-corrected chi connectivity index (χ2v) is 4.20. The SMILES string of the molecule is Cc1cc(C)nc(C(=O)Nc2nncs2)c1. The van der Waals surface area contributed by atoms with E-state index in [1.165, 1.54) is 11.3 Å². The van der Waals surface area contributed by atoms with Crippen LogP contribution in [0.3, 0.4) is 0 Å². The molecule has 1 amide bonds. The number of carbonyl (C=O) groups is 1. The van der Waals surface area contributed by atoms with Gasteiger partial charge in [-0.25, -0.2) is 4.98 Å². The number of aromatic nitrogens is 3. The van der Waals surface area contributed by atoms with Crippen molar-refractivity contribution in [3.05, 3.63) is 34.6 Å². The van der Waals surface area contributed by atoms with Crippen LogP contribution in [-0.2, 0) is 0 Å². The van der Waals surface area contributed by atoms with Crippen LogP contribution in [0.5, 0.6) is 0 Å². The van der Waals surface area contributed by atoms with Gasteiger partial charge in [0, 0.05) is 5.69 Å². The minimum absolute atomic E-state index is 0.261. The summed E-state index contributed by atoms with van der Waals surface area (Å²) in [6.07, 6.45) is 0. The second kappa shape index (κ2) is 4.36. The van der Waals surface area contributed by atoms with Crippen LogP contribution >= 0.6 is 11.3 Å². The Hall–Kier alpha value is -1.82. The molecule has 16 heavy (non-hydrogen) atoms. The molecule has 0 aromatic carbocycles. The van der Waals surface area contributed by atoms with Crippen molar-refractivity contribution in [2.24, 2.45) is 0 Å². The highest BCUT2D eigenvalue weighted by atomic mass is 32.1. The molecule has 0 aliphatic rings. The molecule has 0 spiro atoms. The molecule has 5 nitrogen and oxygen atoms in total. The van der Waals surface area contributed by atoms with E-state index in [9.17, 15) is 4.79 Å². The number of nitrogens with one attached hydrogen (secondary N) is 1. The van der Waals surface area contributed by atoms with Crippen molar-refractivity contribution in [3.63, 3.8) is 0 Å². The molecule has 2 aromatic heterocycles. The van der Waals surface area contributed by atoms with Crippen molar-refractivity contribution in [1.82, 2.24) is 15.2 Å². The number of nitrogens with zero attached hydrogens (tertiary/aromatic N) is 3. The zero-order valence-electron chi connectivity index (χ0n) is 8.89. The van der Waals surface area contributed by atoms with Gasteiger partial charge in [0.15, 0.2) is 0 Å². The quantitative estimate of drug-likeness (QED) is 0.860. The summed E-state index contributed by atoms with van der Waals surface area (Å²) in [5.74, 6) is -0.261. The molecule has 0 fully saturated rings. The Kier molecular flexibility index (Phi) is 2.91. The molecule has 2 heterocycles. The van der Waals surface area contributed by atoms with Crippen LogP contribution in [0.15, 0.2) is 17.6 Å². The number of pyridine rings is 1. The number of hydrogen-bond donors (Lipinski definition) is 1. The van der Waals surface area contributed by atoms with Crippen LogP contribution in [0.25, 0.3) is 0 Å². The maximum absolute atomic E-state index is 11.8. The number of rotatable bonds is 2. The minimum atomic E-state index is -0.261. The molecule has 6 heteroatoms. The number of hydrogen-bond acceptors (Lipinski definition) is 5. The Labute approximate surface area is 96.6 Å². The van der Waals surface area contributed by atoms with Crippen LogP contribution in [-0.4, -0.2) is 21.1 Å². The van der Waals surface area contributed by atoms with Gasteiger partial charge in [0.1, 0.15) is 11.2 Å². The molecule has 0 bridgehead atoms. The summed E-state index contributed by atoms with van der Waals surface area (Å²) in [5, 5.41) is 10.5. The van der Waals surface area contributed by atoms with Crippen molar-refractivity contribution in [2.45, 2.75) is 13.8 Å². The minimum Gasteiger partial charge on any atom is -0.295 e. The van der Waals surface area contributed by atoms with E-state index in [4.69, 9.17) is 0 Å². The van der Waals surface area contributed by atoms with E-state index in [1.54, 1.807) is 11.6 Å². The largest absolute Gasteiger partial charge is 0.295 e. The van der Waals surface area contributed by atoms with Crippen LogP contribution in [0.2, 0.25) is 0 Å². The first-order valence-corrected chi connectivity index (χ1v) is 5.56. The summed E-state index contributed by atoms with van der Waals surface area (Å²) in [6.45, 7) is 3.78. The lowest BCUT2D eigenvalue weighted by molar-refractivity contribution is 0.102. The second-order valence-electron chi connectivity index (χ2n) is 3.37. The first-order valence-electron chi connectivity index (χ1n) is 4.68. The van der Waals surface area contributed by atoms with Crippen LogP contribution in [0.1, 0.15) is 21.7 Å². The van der Waals surface area contributed by atoms with E-state index in [0.29, 0.717) is 10.8 Å². The van der Waals surface area contributed by atoms with Crippen molar-refractivity contribution >= 4 is 22.4 Å². The van der Waals surface area contributed by atoms with Gasteiger partial charge in [-0.1, -0.05) is 11.3 Å². The van der Waals surface area contributed by atoms with Crippen molar-refractivity contribution in [2.75, 3.05) is 5.32 Å². The maximum Gasteiger partial charge on any atom is 0.276 e. The third kappa shape index (κ3) is 2.40. The summed E-state index contributed by atoms with van der Waals surface area (Å²) in [7, 11) is 0. The summed E-state index contributed by atoms with van der Waals surface area (Å²) in [6, 6.07) is 3.66. The standard InChI is InChI=1S/C10H10N4OS/c1-6-3-7(2)12-8(4-6)9(15)13-10-14-11-5-16-10/h3-5H,1-2H3,(H,13,14,15). The Morgan fingerprint density at radius 1 is 1.38 bits per heavy atom. The summed E-state index contributed by atoms with van der Waals surface area (Å²) in [4.78, 5) is 15.9. The fraction of sp³-hybridized carbons (Fsp3) is 0.200. The van der Waals surface area contributed by atoms with E-state index in [-0.39, 0.29) is 5.91 Å². The topological polar surface area (TPSA) is 67.8 Å². The number of aryl methyl sites for hydroxylation is 2. The van der Waals surface area contributed by atoms with Crippen molar-refractivity contribution in [3.8, 4) is 0 Å². The van der Waals surface area contributed by atoms with Gasteiger partial charge >= 0.3 is 0 Å². The van der Waals surface area contributed by atoms with E-state index in [1.807, 2.05) is 19.9 Å². The lowest BCUT2D eigenvalue weighted by Gasteiger charge is -2.03. The number of carbonyl (C=O) groups excluding carboxylic acids is 1. The third-order valence-electron chi connectivity index (χ3n) is 1.91. The Balaban J connectivity index is 2.21. The van der Waals surface area contributed by atoms with Crippen molar-refractivity contribution < 1.29 is 4.79 Å². The molecule has 82 valence electrons. The molecule has 0 saturated carbocycles. The zero-order chi connectivity index (χ0) is 11.5. The van der Waals surface area contributed by atoms with Gasteiger partial charge in [0.05, 0.1) is 0 Å². The lowest BCUT2D eigenvalue weighted by atomic mass is 10.2. The van der Waals surface area contributed by atoms with Crippen LogP contribution < -0.4 is 5.32 Å². The molecule has 0 radical (unpaired) electrons. The number of amides is 1. The van der Waals surface area contributed by atoms with Gasteiger partial charge in [-0.05, 0) is 31.5 Å². The van der Waals surface area contributed by atoms with Crippen molar-refractivity contribution in [1.29, 1.82) is 0 Å². The average molecular weight is 234 g/mol. The maximum atomic E-state index is 11.8. The molecule has 2 aromatic rings. The Bertz CT molecular complexity index is 489. The Morgan fingerprint density at radius 3 is 2.81 bits per heavy atom. The summed E-state index contributed by atoms with van der Waals surface area (Å²) in [5.41, 5.74) is 3.79. The fourth-order valence-electron chi connectivity index (χ4n) is 1.35. The molecular formula is C10H10N4OS. The third-order valence-corrected chi connectivity index (χ3v) is 2.52. The molecule has 0 unspecified atom stereocenters. The highest BCUT2D eigenvalue weighted by Gasteiger charge is 2.10. The molecule has 2 rings (SSSR count). The average Bonchev–Trinajstić information content (AvgIpc) is 2.68. The first kappa shape index (κ1) is 10.7. The fourth-order valence-corrected chi connectivity index (χ4v) is 1.79. The summed E-state index contributed by atoms with van der Waals surface area (Å²) < 4.78 is 0. The lowest BCUT2D eigenvalue weighted by Crippen LogP contribution is -2.14.